The zero-order valence-electron chi connectivity index (χ0n) is 18.4. The molecule has 2 aliphatic heterocycles. The molecule has 3 heterocycles. The molecule has 2 fully saturated rings. The zero-order valence-corrected chi connectivity index (χ0v) is 18.4. The Bertz CT molecular complexity index is 1150. The molecule has 31 heavy (non-hydrogen) atoms. The highest BCUT2D eigenvalue weighted by Crippen LogP contribution is 2.38. The minimum Gasteiger partial charge on any atom is -0.346 e. The molecule has 0 radical (unpaired) electrons. The molecule has 0 N–H and O–H groups in total. The maximum atomic E-state index is 12.9. The van der Waals surface area contributed by atoms with E-state index in [1.54, 1.807) is 0 Å². The van der Waals surface area contributed by atoms with E-state index >= 15 is 0 Å². The number of rotatable bonds is 5. The minimum atomic E-state index is 0.0939. The first-order valence-electron chi connectivity index (χ1n) is 11.7. The Morgan fingerprint density at radius 2 is 1.90 bits per heavy atom. The number of aryl methyl sites for hydroxylation is 1. The van der Waals surface area contributed by atoms with E-state index < -0.39 is 0 Å². The van der Waals surface area contributed by atoms with Crippen LogP contribution in [0.25, 0.3) is 10.9 Å². The first kappa shape index (κ1) is 19.1. The number of benzene rings is 1. The molecule has 1 unspecified atom stereocenters. The number of carbonyl (C=O) groups excluding carboxylic acids is 1. The lowest BCUT2D eigenvalue weighted by atomic mass is 9.78. The molecule has 160 valence electrons. The van der Waals surface area contributed by atoms with Crippen molar-refractivity contribution >= 4 is 22.4 Å². The maximum Gasteiger partial charge on any atom is 0.184 e. The van der Waals surface area contributed by atoms with Crippen molar-refractivity contribution in [1.82, 2.24) is 14.6 Å². The predicted octanol–water partition coefficient (Wildman–Crippen LogP) is 4.70. The van der Waals surface area contributed by atoms with Crippen LogP contribution in [-0.2, 0) is 18.4 Å². The highest BCUT2D eigenvalue weighted by Gasteiger charge is 2.38. The van der Waals surface area contributed by atoms with Gasteiger partial charge in [-0.05, 0) is 61.4 Å². The Morgan fingerprint density at radius 3 is 2.61 bits per heavy atom. The van der Waals surface area contributed by atoms with Crippen LogP contribution in [0, 0.1) is 5.92 Å². The quantitative estimate of drug-likeness (QED) is 0.712. The van der Waals surface area contributed by atoms with Crippen LogP contribution in [0.3, 0.4) is 0 Å². The average molecular weight is 415 g/mol. The zero-order chi connectivity index (χ0) is 21.1. The lowest BCUT2D eigenvalue weighted by Gasteiger charge is -2.30. The van der Waals surface area contributed by atoms with Crippen molar-refractivity contribution in [2.75, 3.05) is 7.05 Å². The van der Waals surface area contributed by atoms with Gasteiger partial charge in [0, 0.05) is 54.6 Å². The van der Waals surface area contributed by atoms with E-state index in [0.717, 1.165) is 37.3 Å². The van der Waals surface area contributed by atoms with E-state index in [1.807, 2.05) is 6.20 Å². The lowest BCUT2D eigenvalue weighted by Crippen LogP contribution is -2.40. The van der Waals surface area contributed by atoms with Crippen molar-refractivity contribution < 1.29 is 4.79 Å². The molecule has 0 spiro atoms. The normalized spacial score (nSPS) is 24.1. The highest BCUT2D eigenvalue weighted by atomic mass is 16.1. The van der Waals surface area contributed by atoms with E-state index in [4.69, 9.17) is 0 Å². The summed E-state index contributed by atoms with van der Waals surface area (Å²) in [6.07, 6.45) is 13.3. The smallest absolute Gasteiger partial charge is 0.184 e. The number of hydrogen-bond acceptors (Lipinski definition) is 4. The summed E-state index contributed by atoms with van der Waals surface area (Å²) >= 11 is 0. The summed E-state index contributed by atoms with van der Waals surface area (Å²) in [7, 11) is 4.26. The SMILES string of the molecule is CN1C2C=CN=C(C(=O)C3CCC3)C2=CN1Cc1cc2cc(C3CCC3)ccc2n1C. The largest absolute Gasteiger partial charge is 0.346 e. The molecule has 5 heteroatoms. The standard InChI is InChI=1S/C26H30N4O/c1-28-21(14-20-13-19(9-10-23(20)28)17-5-3-6-17)15-30-16-22-24(29(30)2)11-12-27-25(22)26(31)18-7-4-8-18/h9-14,16-18,24H,3-8,15H2,1-2H3. The van der Waals surface area contributed by atoms with Gasteiger partial charge in [-0.2, -0.15) is 0 Å². The molecule has 0 bridgehead atoms. The molecular weight excluding hydrogens is 384 g/mol. The predicted molar refractivity (Wildman–Crippen MR) is 124 cm³/mol. The van der Waals surface area contributed by atoms with Crippen molar-refractivity contribution in [1.29, 1.82) is 0 Å². The Kier molecular flexibility index (Phi) is 4.42. The van der Waals surface area contributed by atoms with Crippen LogP contribution in [0.2, 0.25) is 0 Å². The number of hydrazine groups is 1. The molecule has 1 aromatic carbocycles. The number of hydrogen-bond donors (Lipinski definition) is 0. The van der Waals surface area contributed by atoms with Gasteiger partial charge in [0.05, 0.1) is 12.6 Å². The molecule has 2 saturated carbocycles. The van der Waals surface area contributed by atoms with Gasteiger partial charge in [0.25, 0.3) is 0 Å². The molecule has 4 aliphatic rings. The first-order valence-corrected chi connectivity index (χ1v) is 11.7. The molecule has 1 atom stereocenters. The summed E-state index contributed by atoms with van der Waals surface area (Å²) in [4.78, 5) is 17.4. The monoisotopic (exact) mass is 414 g/mol. The minimum absolute atomic E-state index is 0.0939. The number of nitrogens with zero attached hydrogens (tertiary/aromatic N) is 4. The van der Waals surface area contributed by atoms with E-state index in [9.17, 15) is 4.79 Å². The lowest BCUT2D eigenvalue weighted by molar-refractivity contribution is -0.118. The second kappa shape index (κ2) is 7.20. The molecule has 0 saturated heterocycles. The number of likely N-dealkylation sites (N-methyl/N-ethyl adjacent to an activating group) is 1. The molecule has 2 aliphatic carbocycles. The molecular formula is C26H30N4O. The Morgan fingerprint density at radius 1 is 1.10 bits per heavy atom. The second-order valence-electron chi connectivity index (χ2n) is 9.65. The summed E-state index contributed by atoms with van der Waals surface area (Å²) < 4.78 is 2.30. The van der Waals surface area contributed by atoms with Crippen LogP contribution in [0.5, 0.6) is 0 Å². The number of ketones is 1. The van der Waals surface area contributed by atoms with Crippen LogP contribution in [0.1, 0.15) is 55.7 Å². The average Bonchev–Trinajstić information content (AvgIpc) is 3.16. The summed E-state index contributed by atoms with van der Waals surface area (Å²) in [5.74, 6) is 1.16. The molecule has 1 aromatic heterocycles. The fraction of sp³-hybridized carbons (Fsp3) is 0.462. The van der Waals surface area contributed by atoms with Gasteiger partial charge in [0.2, 0.25) is 0 Å². The summed E-state index contributed by atoms with van der Waals surface area (Å²) in [6.45, 7) is 0.777. The van der Waals surface area contributed by atoms with Crippen LogP contribution >= 0.6 is 0 Å². The summed E-state index contributed by atoms with van der Waals surface area (Å²) in [5.41, 5.74) is 5.77. The topological polar surface area (TPSA) is 40.8 Å². The Labute approximate surface area is 183 Å². The van der Waals surface area contributed by atoms with Crippen LogP contribution in [0.4, 0.5) is 0 Å². The van der Waals surface area contributed by atoms with Crippen molar-refractivity contribution in [2.24, 2.45) is 18.0 Å². The summed E-state index contributed by atoms with van der Waals surface area (Å²) in [5, 5.41) is 5.79. The molecule has 6 rings (SSSR count). The van der Waals surface area contributed by atoms with Crippen LogP contribution in [-0.4, -0.2) is 39.2 Å². The molecule has 0 amide bonds. The second-order valence-corrected chi connectivity index (χ2v) is 9.65. The van der Waals surface area contributed by atoms with Gasteiger partial charge < -0.3 is 9.58 Å². The van der Waals surface area contributed by atoms with Gasteiger partial charge in [-0.25, -0.2) is 5.01 Å². The van der Waals surface area contributed by atoms with Gasteiger partial charge in [-0.15, -0.1) is 0 Å². The molecule has 2 aromatic rings. The number of fused-ring (bicyclic) bond motifs is 2. The third kappa shape index (κ3) is 3.01. The van der Waals surface area contributed by atoms with Gasteiger partial charge in [-0.1, -0.05) is 18.9 Å². The summed E-state index contributed by atoms with van der Waals surface area (Å²) in [6, 6.07) is 9.41. The van der Waals surface area contributed by atoms with Crippen molar-refractivity contribution in [3.63, 3.8) is 0 Å². The molecule has 5 nitrogen and oxygen atoms in total. The van der Waals surface area contributed by atoms with Gasteiger partial charge in [0.15, 0.2) is 5.78 Å². The van der Waals surface area contributed by atoms with Crippen LogP contribution in [0.15, 0.2) is 53.3 Å². The Balaban J connectivity index is 1.28. The van der Waals surface area contributed by atoms with Gasteiger partial charge >= 0.3 is 0 Å². The maximum absolute atomic E-state index is 12.9. The van der Waals surface area contributed by atoms with Crippen LogP contribution < -0.4 is 0 Å². The fourth-order valence-corrected chi connectivity index (χ4v) is 5.36. The highest BCUT2D eigenvalue weighted by molar-refractivity contribution is 6.47. The third-order valence-electron chi connectivity index (χ3n) is 7.94. The van der Waals surface area contributed by atoms with E-state index in [-0.39, 0.29) is 17.7 Å². The van der Waals surface area contributed by atoms with E-state index in [2.05, 4.69) is 70.2 Å². The Hall–Kier alpha value is -2.66. The third-order valence-corrected chi connectivity index (χ3v) is 7.94. The number of aromatic nitrogens is 1. The van der Waals surface area contributed by atoms with Gasteiger partial charge in [-0.3, -0.25) is 9.79 Å². The fourth-order valence-electron chi connectivity index (χ4n) is 5.36. The van der Waals surface area contributed by atoms with E-state index in [1.165, 1.54) is 41.4 Å². The number of Topliss-reactive ketones (excluding diaryl/α,β-unsaturated/α-hetero) is 1. The number of carbonyl (C=O) groups is 1. The number of aliphatic imine (C=N–C) groups is 1. The van der Waals surface area contributed by atoms with Crippen molar-refractivity contribution in [2.45, 2.75) is 57.0 Å². The first-order chi connectivity index (χ1) is 15.1. The van der Waals surface area contributed by atoms with Crippen molar-refractivity contribution in [3.8, 4) is 0 Å². The van der Waals surface area contributed by atoms with Gasteiger partial charge in [0.1, 0.15) is 5.71 Å². The van der Waals surface area contributed by atoms with E-state index in [0.29, 0.717) is 5.71 Å². The van der Waals surface area contributed by atoms with Crippen molar-refractivity contribution in [3.05, 3.63) is 59.6 Å².